The van der Waals surface area contributed by atoms with Gasteiger partial charge in [-0.05, 0) is 25.9 Å². The molecule has 3 nitrogen and oxygen atoms in total. The fourth-order valence-corrected chi connectivity index (χ4v) is 1.17. The molecule has 1 aliphatic rings. The first kappa shape index (κ1) is 10.3. The van der Waals surface area contributed by atoms with Crippen molar-refractivity contribution in [3.8, 4) is 0 Å². The zero-order valence-electron chi connectivity index (χ0n) is 6.90. The van der Waals surface area contributed by atoms with Gasteiger partial charge in [0, 0.05) is 0 Å². The van der Waals surface area contributed by atoms with Crippen molar-refractivity contribution in [2.45, 2.75) is 25.1 Å². The lowest BCUT2D eigenvalue weighted by molar-refractivity contribution is -0.175. The van der Waals surface area contributed by atoms with Crippen LogP contribution in [0, 0.1) is 0 Å². The van der Waals surface area contributed by atoms with Gasteiger partial charge < -0.3 is 5.32 Å². The zero-order valence-corrected chi connectivity index (χ0v) is 6.90. The Bertz CT molecular complexity index is 187. The number of rotatable bonds is 1. The van der Waals surface area contributed by atoms with E-state index in [1.165, 1.54) is 0 Å². The Morgan fingerprint density at radius 3 is 2.31 bits per heavy atom. The minimum Gasteiger partial charge on any atom is -0.317 e. The number of hydrogen-bond donors (Lipinski definition) is 1. The van der Waals surface area contributed by atoms with Crippen molar-refractivity contribution in [2.75, 3.05) is 13.1 Å². The van der Waals surface area contributed by atoms with Crippen LogP contribution in [-0.2, 0) is 4.79 Å². The van der Waals surface area contributed by atoms with Gasteiger partial charge in [0.2, 0.25) is 0 Å². The van der Waals surface area contributed by atoms with Crippen LogP contribution in [0.2, 0.25) is 0 Å². The molecule has 0 atom stereocenters. The predicted molar refractivity (Wildman–Crippen MR) is 39.1 cm³/mol. The van der Waals surface area contributed by atoms with Crippen LogP contribution < -0.4 is 10.6 Å². The van der Waals surface area contributed by atoms with Gasteiger partial charge in [0.25, 0.3) is 0 Å². The minimum atomic E-state index is -4.81. The van der Waals surface area contributed by atoms with Gasteiger partial charge in [-0.15, -0.1) is 0 Å². The molecule has 6 heteroatoms. The summed E-state index contributed by atoms with van der Waals surface area (Å²) >= 11 is 0. The van der Waals surface area contributed by atoms with Crippen molar-refractivity contribution in [3.05, 3.63) is 0 Å². The highest BCUT2D eigenvalue weighted by molar-refractivity contribution is 5.81. The molecule has 0 aromatic rings. The quantitative estimate of drug-likeness (QED) is 0.659. The SMILES string of the molecule is O=C([N]C1CCNCC1)C(F)(F)F. The molecule has 1 radical (unpaired) electrons. The first-order chi connectivity index (χ1) is 6.00. The van der Waals surface area contributed by atoms with Gasteiger partial charge >= 0.3 is 12.1 Å². The summed E-state index contributed by atoms with van der Waals surface area (Å²) in [7, 11) is 0. The summed E-state index contributed by atoms with van der Waals surface area (Å²) in [6.45, 7) is 1.25. The maximum Gasteiger partial charge on any atom is 0.473 e. The topological polar surface area (TPSA) is 43.2 Å². The largest absolute Gasteiger partial charge is 0.473 e. The van der Waals surface area contributed by atoms with Crippen molar-refractivity contribution < 1.29 is 18.0 Å². The van der Waals surface area contributed by atoms with Gasteiger partial charge in [0.15, 0.2) is 0 Å². The molecule has 1 rings (SSSR count). The molecule has 0 unspecified atom stereocenters. The summed E-state index contributed by atoms with van der Waals surface area (Å²) in [6, 6.07) is -0.463. The van der Waals surface area contributed by atoms with E-state index in [4.69, 9.17) is 0 Å². The number of carbonyl (C=O) groups is 1. The van der Waals surface area contributed by atoms with E-state index < -0.39 is 18.1 Å². The highest BCUT2D eigenvalue weighted by Gasteiger charge is 2.41. The van der Waals surface area contributed by atoms with Crippen LogP contribution in [0.5, 0.6) is 0 Å². The predicted octanol–water partition coefficient (Wildman–Crippen LogP) is 0.432. The second-order valence-electron chi connectivity index (χ2n) is 2.91. The lowest BCUT2D eigenvalue weighted by Gasteiger charge is -2.21. The monoisotopic (exact) mass is 195 g/mol. The van der Waals surface area contributed by atoms with Gasteiger partial charge in [0.05, 0.1) is 6.04 Å². The van der Waals surface area contributed by atoms with Crippen molar-refractivity contribution in [1.82, 2.24) is 10.6 Å². The highest BCUT2D eigenvalue weighted by Crippen LogP contribution is 2.16. The Hall–Kier alpha value is -0.780. The van der Waals surface area contributed by atoms with E-state index >= 15 is 0 Å². The Balaban J connectivity index is 2.35. The Labute approximate surface area is 73.7 Å². The molecule has 1 saturated heterocycles. The van der Waals surface area contributed by atoms with E-state index in [9.17, 15) is 18.0 Å². The normalized spacial score (nSPS) is 19.9. The van der Waals surface area contributed by atoms with E-state index in [2.05, 4.69) is 10.6 Å². The fourth-order valence-electron chi connectivity index (χ4n) is 1.17. The van der Waals surface area contributed by atoms with E-state index in [0.717, 1.165) is 0 Å². The summed E-state index contributed by atoms with van der Waals surface area (Å²) in [5, 5.41) is 6.08. The average molecular weight is 195 g/mol. The molecule has 0 aromatic carbocycles. The number of alkyl halides is 3. The molecule has 1 amide bonds. The number of carbonyl (C=O) groups excluding carboxylic acids is 1. The summed E-state index contributed by atoms with van der Waals surface area (Å²) in [5.74, 6) is -1.96. The van der Waals surface area contributed by atoms with Gasteiger partial charge in [-0.1, -0.05) is 0 Å². The van der Waals surface area contributed by atoms with Crippen LogP contribution in [0.1, 0.15) is 12.8 Å². The van der Waals surface area contributed by atoms with Gasteiger partial charge in [-0.25, -0.2) is 5.32 Å². The fraction of sp³-hybridized carbons (Fsp3) is 0.857. The molecule has 0 bridgehead atoms. The Kier molecular flexibility index (Phi) is 3.13. The molecular formula is C7H10F3N2O. The third-order valence-electron chi connectivity index (χ3n) is 1.85. The van der Waals surface area contributed by atoms with E-state index in [1.54, 1.807) is 0 Å². The first-order valence-corrected chi connectivity index (χ1v) is 4.03. The number of nitrogens with one attached hydrogen (secondary N) is 1. The molecule has 0 saturated carbocycles. The molecule has 1 fully saturated rings. The molecule has 0 aliphatic carbocycles. The number of piperidine rings is 1. The smallest absolute Gasteiger partial charge is 0.317 e. The second kappa shape index (κ2) is 3.95. The minimum absolute atomic E-state index is 0.463. The summed E-state index contributed by atoms with van der Waals surface area (Å²) in [4.78, 5) is 10.4. The molecular weight excluding hydrogens is 185 g/mol. The molecule has 1 heterocycles. The molecule has 1 N–H and O–H groups in total. The van der Waals surface area contributed by atoms with Crippen LogP contribution >= 0.6 is 0 Å². The number of nitrogens with zero attached hydrogens (tertiary/aromatic N) is 1. The average Bonchev–Trinajstić information content (AvgIpc) is 2.04. The molecule has 0 spiro atoms. The van der Waals surface area contributed by atoms with E-state index in [-0.39, 0.29) is 0 Å². The van der Waals surface area contributed by atoms with E-state index in [0.29, 0.717) is 25.9 Å². The van der Waals surface area contributed by atoms with E-state index in [1.807, 2.05) is 0 Å². The lowest BCUT2D eigenvalue weighted by atomic mass is 10.1. The maximum atomic E-state index is 11.7. The molecule has 13 heavy (non-hydrogen) atoms. The van der Waals surface area contributed by atoms with Crippen LogP contribution in [0.15, 0.2) is 0 Å². The maximum absolute atomic E-state index is 11.7. The third kappa shape index (κ3) is 3.22. The van der Waals surface area contributed by atoms with Crippen LogP contribution in [0.3, 0.4) is 0 Å². The van der Waals surface area contributed by atoms with Crippen molar-refractivity contribution in [1.29, 1.82) is 0 Å². The van der Waals surface area contributed by atoms with Crippen LogP contribution in [0.4, 0.5) is 13.2 Å². The molecule has 75 valence electrons. The number of amides is 1. The van der Waals surface area contributed by atoms with Crippen molar-refractivity contribution in [2.24, 2.45) is 0 Å². The summed E-state index contributed by atoms with van der Waals surface area (Å²) < 4.78 is 35.2. The Morgan fingerprint density at radius 2 is 1.85 bits per heavy atom. The third-order valence-corrected chi connectivity index (χ3v) is 1.85. The molecule has 0 aromatic heterocycles. The van der Waals surface area contributed by atoms with Crippen LogP contribution in [-0.4, -0.2) is 31.2 Å². The van der Waals surface area contributed by atoms with Gasteiger partial charge in [-0.2, -0.15) is 13.2 Å². The number of halogens is 3. The second-order valence-corrected chi connectivity index (χ2v) is 2.91. The highest BCUT2D eigenvalue weighted by atomic mass is 19.4. The van der Waals surface area contributed by atoms with Crippen molar-refractivity contribution in [3.63, 3.8) is 0 Å². The van der Waals surface area contributed by atoms with Crippen LogP contribution in [0.25, 0.3) is 0 Å². The van der Waals surface area contributed by atoms with Gasteiger partial charge in [0.1, 0.15) is 0 Å². The summed E-state index contributed by atoms with van der Waals surface area (Å²) in [5.41, 5.74) is 0. The zero-order chi connectivity index (χ0) is 9.90. The number of hydrogen-bond acceptors (Lipinski definition) is 2. The van der Waals surface area contributed by atoms with Crippen molar-refractivity contribution >= 4 is 5.91 Å². The Morgan fingerprint density at radius 1 is 1.31 bits per heavy atom. The first-order valence-electron chi connectivity index (χ1n) is 4.03. The standard InChI is InChI=1S/C7H10F3N2O/c8-7(9,10)6(13)12-5-1-3-11-4-2-5/h5,11H,1-4H2. The lowest BCUT2D eigenvalue weighted by Crippen LogP contribution is -2.42. The summed E-state index contributed by atoms with van der Waals surface area (Å²) in [6.07, 6.45) is -3.81. The molecule has 1 aliphatic heterocycles. The van der Waals surface area contributed by atoms with Gasteiger partial charge in [-0.3, -0.25) is 4.79 Å².